The Bertz CT molecular complexity index is 337. The normalized spacial score (nSPS) is 26.9. The lowest BCUT2D eigenvalue weighted by molar-refractivity contribution is -0.00572. The van der Waals surface area contributed by atoms with Crippen molar-refractivity contribution >= 4 is 0 Å². The average molecular weight is 279 g/mol. The molecule has 1 aliphatic carbocycles. The van der Waals surface area contributed by atoms with E-state index in [-0.39, 0.29) is 5.54 Å². The smallest absolute Gasteiger partial charge is 0.122 e. The van der Waals surface area contributed by atoms with Crippen molar-refractivity contribution in [3.05, 3.63) is 0 Å². The fourth-order valence-electron chi connectivity index (χ4n) is 3.32. The number of likely N-dealkylation sites (tertiary alicyclic amines) is 1. The molecule has 0 aromatic rings. The average Bonchev–Trinajstić information content (AvgIpc) is 3.30. The fourth-order valence-corrected chi connectivity index (χ4v) is 3.32. The Morgan fingerprint density at radius 1 is 1.35 bits per heavy atom. The number of piperidine rings is 1. The third-order valence-electron chi connectivity index (χ3n) is 4.46. The molecule has 0 aromatic heterocycles. The number of hydrogen-bond donors (Lipinski definition) is 1. The van der Waals surface area contributed by atoms with Gasteiger partial charge in [0.05, 0.1) is 12.2 Å². The van der Waals surface area contributed by atoms with Gasteiger partial charge in [0.1, 0.15) is 5.54 Å². The summed E-state index contributed by atoms with van der Waals surface area (Å²) in [5, 5.41) is 13.2. The zero-order chi connectivity index (χ0) is 14.4. The molecule has 0 spiro atoms. The first-order chi connectivity index (χ1) is 9.74. The van der Waals surface area contributed by atoms with E-state index in [1.807, 2.05) is 0 Å². The van der Waals surface area contributed by atoms with E-state index in [4.69, 9.17) is 4.74 Å². The van der Waals surface area contributed by atoms with Crippen LogP contribution >= 0.6 is 0 Å². The lowest BCUT2D eigenvalue weighted by Crippen LogP contribution is -2.56. The number of rotatable bonds is 8. The van der Waals surface area contributed by atoms with Crippen LogP contribution in [-0.4, -0.2) is 49.3 Å². The van der Waals surface area contributed by atoms with Crippen LogP contribution in [0, 0.1) is 17.2 Å². The molecule has 0 radical (unpaired) electrons. The summed E-state index contributed by atoms with van der Waals surface area (Å²) in [6, 6.07) is 2.59. The molecule has 2 rings (SSSR count). The summed E-state index contributed by atoms with van der Waals surface area (Å²) < 4.78 is 5.90. The summed E-state index contributed by atoms with van der Waals surface area (Å²) in [5.74, 6) is 0.546. The first-order valence-electron chi connectivity index (χ1n) is 8.24. The summed E-state index contributed by atoms with van der Waals surface area (Å²) in [4.78, 5) is 2.44. The maximum absolute atomic E-state index is 9.69. The number of nitriles is 1. The highest BCUT2D eigenvalue weighted by Gasteiger charge is 2.46. The monoisotopic (exact) mass is 279 g/mol. The van der Waals surface area contributed by atoms with Crippen molar-refractivity contribution in [2.75, 3.05) is 32.8 Å². The largest absolute Gasteiger partial charge is 0.377 e. The molecular formula is C16H29N3O. The van der Waals surface area contributed by atoms with Gasteiger partial charge < -0.3 is 4.74 Å². The van der Waals surface area contributed by atoms with Crippen molar-refractivity contribution in [1.29, 1.82) is 5.26 Å². The molecule has 4 heteroatoms. The van der Waals surface area contributed by atoms with E-state index in [2.05, 4.69) is 30.1 Å². The van der Waals surface area contributed by atoms with Gasteiger partial charge >= 0.3 is 0 Å². The number of ether oxygens (including phenoxy) is 1. The highest BCUT2D eigenvalue weighted by Crippen LogP contribution is 2.40. The molecular weight excluding hydrogens is 250 g/mol. The maximum Gasteiger partial charge on any atom is 0.122 e. The summed E-state index contributed by atoms with van der Waals surface area (Å²) in [7, 11) is 0. The van der Waals surface area contributed by atoms with Gasteiger partial charge in [0.15, 0.2) is 0 Å². The number of nitrogens with zero attached hydrogens (tertiary/aromatic N) is 2. The maximum atomic E-state index is 9.69. The molecule has 1 aliphatic heterocycles. The lowest BCUT2D eigenvalue weighted by atomic mass is 9.92. The van der Waals surface area contributed by atoms with Crippen LogP contribution in [0.4, 0.5) is 0 Å². The SMILES string of the molecule is CCCOC1CCCN(CC(C#N)(NCC)C2CC2)C1. The molecule has 1 saturated heterocycles. The number of nitrogens with one attached hydrogen (secondary N) is 1. The second kappa shape index (κ2) is 7.40. The minimum atomic E-state index is -0.332. The van der Waals surface area contributed by atoms with E-state index in [9.17, 15) is 5.26 Å². The molecule has 2 atom stereocenters. The Morgan fingerprint density at radius 3 is 2.75 bits per heavy atom. The summed E-state index contributed by atoms with van der Waals surface area (Å²) >= 11 is 0. The number of likely N-dealkylation sites (N-methyl/N-ethyl adjacent to an activating group) is 1. The Kier molecular flexibility index (Phi) is 5.83. The molecule has 1 saturated carbocycles. The molecule has 1 N–H and O–H groups in total. The Hall–Kier alpha value is -0.630. The minimum Gasteiger partial charge on any atom is -0.377 e. The molecule has 2 unspecified atom stereocenters. The molecule has 2 aliphatic rings. The van der Waals surface area contributed by atoms with Gasteiger partial charge in [0, 0.05) is 19.7 Å². The predicted octanol–water partition coefficient (Wildman–Crippen LogP) is 2.16. The first kappa shape index (κ1) is 15.8. The molecule has 2 fully saturated rings. The third-order valence-corrected chi connectivity index (χ3v) is 4.46. The summed E-state index contributed by atoms with van der Waals surface area (Å²) in [6.07, 6.45) is 6.20. The number of hydrogen-bond acceptors (Lipinski definition) is 4. The van der Waals surface area contributed by atoms with Gasteiger partial charge in [-0.2, -0.15) is 5.26 Å². The molecule has 4 nitrogen and oxygen atoms in total. The van der Waals surface area contributed by atoms with Crippen molar-refractivity contribution < 1.29 is 4.74 Å². The van der Waals surface area contributed by atoms with Crippen LogP contribution in [0.25, 0.3) is 0 Å². The van der Waals surface area contributed by atoms with E-state index in [0.717, 1.165) is 39.2 Å². The highest BCUT2D eigenvalue weighted by atomic mass is 16.5. The van der Waals surface area contributed by atoms with Crippen LogP contribution in [0.5, 0.6) is 0 Å². The van der Waals surface area contributed by atoms with Gasteiger partial charge in [0.2, 0.25) is 0 Å². The second-order valence-electron chi connectivity index (χ2n) is 6.26. The van der Waals surface area contributed by atoms with Gasteiger partial charge in [-0.25, -0.2) is 0 Å². The first-order valence-corrected chi connectivity index (χ1v) is 8.24. The van der Waals surface area contributed by atoms with Crippen molar-refractivity contribution in [2.24, 2.45) is 5.92 Å². The van der Waals surface area contributed by atoms with E-state index in [1.165, 1.54) is 25.7 Å². The van der Waals surface area contributed by atoms with Crippen LogP contribution in [0.3, 0.4) is 0 Å². The van der Waals surface area contributed by atoms with Gasteiger partial charge in [-0.15, -0.1) is 0 Å². The summed E-state index contributed by atoms with van der Waals surface area (Å²) in [6.45, 7) is 8.92. The lowest BCUT2D eigenvalue weighted by Gasteiger charge is -2.38. The topological polar surface area (TPSA) is 48.3 Å². The predicted molar refractivity (Wildman–Crippen MR) is 80.4 cm³/mol. The second-order valence-corrected chi connectivity index (χ2v) is 6.26. The van der Waals surface area contributed by atoms with Gasteiger partial charge in [-0.3, -0.25) is 10.2 Å². The van der Waals surface area contributed by atoms with Crippen LogP contribution in [-0.2, 0) is 4.74 Å². The standard InChI is InChI=1S/C16H29N3O/c1-3-10-20-15-6-5-9-19(11-15)13-16(12-17,18-4-2)14-7-8-14/h14-15,18H,3-11,13H2,1-2H3. The van der Waals surface area contributed by atoms with Crippen LogP contribution in [0.2, 0.25) is 0 Å². The molecule has 20 heavy (non-hydrogen) atoms. The zero-order valence-corrected chi connectivity index (χ0v) is 13.0. The van der Waals surface area contributed by atoms with E-state index in [0.29, 0.717) is 12.0 Å². The van der Waals surface area contributed by atoms with Crippen LogP contribution in [0.1, 0.15) is 46.0 Å². The molecule has 114 valence electrons. The Labute approximate surface area is 123 Å². The van der Waals surface area contributed by atoms with Crippen LogP contribution < -0.4 is 5.32 Å². The van der Waals surface area contributed by atoms with Crippen molar-refractivity contribution in [3.8, 4) is 6.07 Å². The molecule has 0 aromatic carbocycles. The highest BCUT2D eigenvalue weighted by molar-refractivity contribution is 5.16. The Balaban J connectivity index is 1.91. The molecule has 0 bridgehead atoms. The van der Waals surface area contributed by atoms with Crippen LogP contribution in [0.15, 0.2) is 0 Å². The van der Waals surface area contributed by atoms with Gasteiger partial charge in [0.25, 0.3) is 0 Å². The van der Waals surface area contributed by atoms with E-state index in [1.54, 1.807) is 0 Å². The Morgan fingerprint density at radius 2 is 2.15 bits per heavy atom. The molecule has 0 amide bonds. The fraction of sp³-hybridized carbons (Fsp3) is 0.938. The summed E-state index contributed by atoms with van der Waals surface area (Å²) in [5.41, 5.74) is -0.332. The molecule has 1 heterocycles. The van der Waals surface area contributed by atoms with Crippen molar-refractivity contribution in [2.45, 2.75) is 57.6 Å². The minimum absolute atomic E-state index is 0.332. The van der Waals surface area contributed by atoms with Gasteiger partial charge in [-0.05, 0) is 51.1 Å². The van der Waals surface area contributed by atoms with E-state index >= 15 is 0 Å². The van der Waals surface area contributed by atoms with E-state index < -0.39 is 0 Å². The zero-order valence-electron chi connectivity index (χ0n) is 13.0. The third kappa shape index (κ3) is 3.94. The van der Waals surface area contributed by atoms with Crippen molar-refractivity contribution in [3.63, 3.8) is 0 Å². The van der Waals surface area contributed by atoms with Crippen molar-refractivity contribution in [1.82, 2.24) is 10.2 Å². The quantitative estimate of drug-likeness (QED) is 0.739. The van der Waals surface area contributed by atoms with Gasteiger partial charge in [-0.1, -0.05) is 13.8 Å².